The van der Waals surface area contributed by atoms with Crippen LogP contribution in [0.4, 0.5) is 5.69 Å². The fourth-order valence-electron chi connectivity index (χ4n) is 1.42. The molecule has 112 valence electrons. The molecule has 0 radical (unpaired) electrons. The Hall–Kier alpha value is -1.51. The molecule has 1 aromatic rings. The third kappa shape index (κ3) is 3.99. The Morgan fingerprint density at radius 3 is 2.25 bits per heavy atom. The largest absolute Gasteiger partial charge is 0.281 e. The lowest BCUT2D eigenvalue weighted by Gasteiger charge is -2.19. The molecule has 0 aromatic heterocycles. The van der Waals surface area contributed by atoms with Crippen molar-refractivity contribution < 1.29 is 18.2 Å². The number of nitrogens with zero attached hydrogens (tertiary/aromatic N) is 1. The summed E-state index contributed by atoms with van der Waals surface area (Å²) >= 11 is 0. The van der Waals surface area contributed by atoms with Crippen molar-refractivity contribution in [3.63, 3.8) is 0 Å². The summed E-state index contributed by atoms with van der Waals surface area (Å²) in [6.07, 6.45) is 0. The second kappa shape index (κ2) is 5.47. The Morgan fingerprint density at radius 2 is 1.80 bits per heavy atom. The first kappa shape index (κ1) is 16.5. The van der Waals surface area contributed by atoms with E-state index in [2.05, 4.69) is 0 Å². The highest BCUT2D eigenvalue weighted by Gasteiger charge is 2.24. The van der Waals surface area contributed by atoms with E-state index in [1.807, 2.05) is 4.89 Å². The van der Waals surface area contributed by atoms with E-state index in [0.29, 0.717) is 11.1 Å². The lowest BCUT2D eigenvalue weighted by atomic mass is 10.1. The summed E-state index contributed by atoms with van der Waals surface area (Å²) in [5.41, 5.74) is -0.0170. The Morgan fingerprint density at radius 1 is 1.25 bits per heavy atom. The first-order chi connectivity index (χ1) is 8.94. The zero-order valence-corrected chi connectivity index (χ0v) is 12.9. The predicted octanol–water partition coefficient (Wildman–Crippen LogP) is 2.22. The van der Waals surface area contributed by atoms with Crippen molar-refractivity contribution in [2.45, 2.75) is 45.1 Å². The molecule has 20 heavy (non-hydrogen) atoms. The molecule has 0 fully saturated rings. The first-order valence-corrected chi connectivity index (χ1v) is 7.38. The van der Waals surface area contributed by atoms with Gasteiger partial charge in [-0.3, -0.25) is 15.0 Å². The molecule has 8 heteroatoms. The van der Waals surface area contributed by atoms with Gasteiger partial charge in [-0.15, -0.1) is 0 Å². The van der Waals surface area contributed by atoms with Crippen molar-refractivity contribution in [2.75, 3.05) is 0 Å². The topological polar surface area (TPSA) is 98.5 Å². The van der Waals surface area contributed by atoms with Gasteiger partial charge in [0.15, 0.2) is 0 Å². The molecule has 7 nitrogen and oxygen atoms in total. The summed E-state index contributed by atoms with van der Waals surface area (Å²) in [4.78, 5) is 17.1. The van der Waals surface area contributed by atoms with Crippen molar-refractivity contribution >= 4 is 15.7 Å². The summed E-state index contributed by atoms with van der Waals surface area (Å²) < 4.78 is 24.3. The molecular weight excluding hydrogens is 284 g/mol. The maximum absolute atomic E-state index is 12.2. The van der Waals surface area contributed by atoms with Crippen molar-refractivity contribution in [3.05, 3.63) is 33.4 Å². The molecule has 0 atom stereocenters. The number of hydrogen-bond acceptors (Lipinski definition) is 5. The number of nitro benzene ring substituents is 1. The van der Waals surface area contributed by atoms with Gasteiger partial charge < -0.3 is 0 Å². The van der Waals surface area contributed by atoms with Crippen LogP contribution in [0.1, 0.15) is 31.9 Å². The Bertz CT molecular complexity index is 632. The fraction of sp³-hybridized carbons (Fsp3) is 0.500. The third-order valence-electron chi connectivity index (χ3n) is 2.56. The van der Waals surface area contributed by atoms with Crippen LogP contribution in [0.2, 0.25) is 0 Å². The molecule has 0 saturated carbocycles. The first-order valence-electron chi connectivity index (χ1n) is 5.89. The second-order valence-electron chi connectivity index (χ2n) is 5.44. The van der Waals surface area contributed by atoms with Crippen LogP contribution >= 0.6 is 0 Å². The number of sulfonamides is 1. The van der Waals surface area contributed by atoms with Crippen LogP contribution < -0.4 is 4.89 Å². The number of nitro groups is 1. The highest BCUT2D eigenvalue weighted by atomic mass is 32.2. The van der Waals surface area contributed by atoms with Gasteiger partial charge in [0, 0.05) is 12.1 Å². The molecule has 0 heterocycles. The van der Waals surface area contributed by atoms with Gasteiger partial charge in [-0.05, 0) is 45.7 Å². The van der Waals surface area contributed by atoms with Crippen molar-refractivity contribution in [1.82, 2.24) is 4.89 Å². The van der Waals surface area contributed by atoms with Crippen LogP contribution in [0.25, 0.3) is 0 Å². The maximum atomic E-state index is 12.2. The van der Waals surface area contributed by atoms with E-state index >= 15 is 0 Å². The molecule has 1 rings (SSSR count). The predicted molar refractivity (Wildman–Crippen MR) is 73.7 cm³/mol. The molecule has 1 N–H and O–H groups in total. The van der Waals surface area contributed by atoms with Gasteiger partial charge in [-0.2, -0.15) is 0 Å². The molecule has 0 spiro atoms. The minimum absolute atomic E-state index is 0.159. The zero-order chi connectivity index (χ0) is 15.7. The average molecular weight is 302 g/mol. The van der Waals surface area contributed by atoms with E-state index in [0.717, 1.165) is 6.07 Å². The van der Waals surface area contributed by atoms with E-state index < -0.39 is 20.5 Å². The highest BCUT2D eigenvalue weighted by Crippen LogP contribution is 2.25. The molecule has 0 aliphatic rings. The van der Waals surface area contributed by atoms with Crippen LogP contribution in [-0.2, 0) is 14.9 Å². The summed E-state index contributed by atoms with van der Waals surface area (Å²) in [5, 5.41) is 10.8. The van der Waals surface area contributed by atoms with Crippen LogP contribution in [0.3, 0.4) is 0 Å². The number of non-ortho nitro benzene ring substituents is 1. The lowest BCUT2D eigenvalue weighted by molar-refractivity contribution is -0.385. The fourth-order valence-corrected chi connectivity index (χ4v) is 2.71. The van der Waals surface area contributed by atoms with Crippen LogP contribution in [-0.4, -0.2) is 18.9 Å². The van der Waals surface area contributed by atoms with Gasteiger partial charge in [-0.25, -0.2) is 8.42 Å². The molecule has 0 unspecified atom stereocenters. The van der Waals surface area contributed by atoms with Crippen molar-refractivity contribution in [1.29, 1.82) is 0 Å². The van der Waals surface area contributed by atoms with Crippen molar-refractivity contribution in [2.24, 2.45) is 0 Å². The molecule has 0 amide bonds. The van der Waals surface area contributed by atoms with Gasteiger partial charge in [0.1, 0.15) is 0 Å². The Balaban J connectivity index is 3.27. The van der Waals surface area contributed by atoms with E-state index in [1.54, 1.807) is 34.6 Å². The van der Waals surface area contributed by atoms with E-state index in [-0.39, 0.29) is 10.6 Å². The van der Waals surface area contributed by atoms with Crippen LogP contribution in [0, 0.1) is 24.0 Å². The molecule has 1 aromatic carbocycles. The van der Waals surface area contributed by atoms with E-state index in [9.17, 15) is 18.5 Å². The lowest BCUT2D eigenvalue weighted by Crippen LogP contribution is -2.34. The third-order valence-corrected chi connectivity index (χ3v) is 3.87. The molecular formula is C12H18N2O5S. The Labute approximate surface area is 118 Å². The highest BCUT2D eigenvalue weighted by molar-refractivity contribution is 7.89. The SMILES string of the molecule is Cc1cc([N+](=O)[O-])cc(S(=O)(=O)NOC(C)(C)C)c1C. The molecule has 0 aliphatic carbocycles. The van der Waals surface area contributed by atoms with Crippen molar-refractivity contribution in [3.8, 4) is 0 Å². The Kier molecular flexibility index (Phi) is 4.52. The van der Waals surface area contributed by atoms with E-state index in [1.165, 1.54) is 6.07 Å². The van der Waals surface area contributed by atoms with Gasteiger partial charge in [0.2, 0.25) is 0 Å². The minimum Gasteiger partial charge on any atom is -0.281 e. The smallest absolute Gasteiger partial charge is 0.271 e. The van der Waals surface area contributed by atoms with Gasteiger partial charge >= 0.3 is 0 Å². The normalized spacial score (nSPS) is 12.4. The zero-order valence-electron chi connectivity index (χ0n) is 12.1. The molecule has 0 bridgehead atoms. The van der Waals surface area contributed by atoms with Crippen LogP contribution in [0.15, 0.2) is 17.0 Å². The average Bonchev–Trinajstić information content (AvgIpc) is 2.28. The standard InChI is InChI=1S/C12H18N2O5S/c1-8-6-10(14(15)16)7-11(9(8)2)20(17,18)13-19-12(3,4)5/h6-7,13H,1-5H3. The number of rotatable bonds is 4. The summed E-state index contributed by atoms with van der Waals surface area (Å²) in [6, 6.07) is 2.36. The number of nitrogens with one attached hydrogen (secondary N) is 1. The van der Waals surface area contributed by atoms with Gasteiger partial charge in [0.25, 0.3) is 15.7 Å². The van der Waals surface area contributed by atoms with Gasteiger partial charge in [0.05, 0.1) is 15.4 Å². The quantitative estimate of drug-likeness (QED) is 0.679. The monoisotopic (exact) mass is 302 g/mol. The van der Waals surface area contributed by atoms with E-state index in [4.69, 9.17) is 4.84 Å². The minimum atomic E-state index is -3.98. The van der Waals surface area contributed by atoms with Gasteiger partial charge in [-0.1, -0.05) is 4.89 Å². The second-order valence-corrected chi connectivity index (χ2v) is 7.06. The summed E-state index contributed by atoms with van der Waals surface area (Å²) in [7, 11) is -3.98. The molecule has 0 saturated heterocycles. The number of hydrogen-bond donors (Lipinski definition) is 1. The number of benzene rings is 1. The van der Waals surface area contributed by atoms with Crippen LogP contribution in [0.5, 0.6) is 0 Å². The maximum Gasteiger partial charge on any atom is 0.271 e. The summed E-state index contributed by atoms with van der Waals surface area (Å²) in [6.45, 7) is 8.25. The summed E-state index contributed by atoms with van der Waals surface area (Å²) in [5.74, 6) is 0. The number of aryl methyl sites for hydroxylation is 1. The molecule has 0 aliphatic heterocycles.